The lowest BCUT2D eigenvalue weighted by Crippen LogP contribution is -2.26. The van der Waals surface area contributed by atoms with E-state index in [9.17, 15) is 9.59 Å². The number of carbonyl (C=O) groups excluding carboxylic acids is 1. The smallest absolute Gasteiger partial charge is 0.326 e. The standard InChI is InChI=1S/C21H20N4O2/c26-20(16-8-10-17(11-9-16)24-13-3-4-14-24)22-12-5-15-25-19-7-2-1-6-18(19)23-21(25)27/h1-4,6-11,13-14H,5,12,15H2,(H,22,26)(H,23,27). The van der Waals surface area contributed by atoms with Gasteiger partial charge in [-0.3, -0.25) is 9.36 Å². The lowest BCUT2D eigenvalue weighted by molar-refractivity contribution is 0.0953. The number of aromatic amines is 1. The van der Waals surface area contributed by atoms with Crippen LogP contribution in [-0.2, 0) is 6.54 Å². The molecule has 2 aromatic carbocycles. The zero-order chi connectivity index (χ0) is 18.6. The van der Waals surface area contributed by atoms with Crippen LogP contribution in [0.2, 0.25) is 0 Å². The molecule has 0 fully saturated rings. The Labute approximate surface area is 156 Å². The third-order valence-corrected chi connectivity index (χ3v) is 4.56. The summed E-state index contributed by atoms with van der Waals surface area (Å²) < 4.78 is 3.69. The molecular weight excluding hydrogens is 340 g/mol. The molecule has 2 aromatic heterocycles. The third kappa shape index (κ3) is 3.55. The Morgan fingerprint density at radius 1 is 0.963 bits per heavy atom. The number of nitrogens with zero attached hydrogens (tertiary/aromatic N) is 2. The lowest BCUT2D eigenvalue weighted by Gasteiger charge is -2.08. The van der Waals surface area contributed by atoms with Crippen molar-refractivity contribution in [2.24, 2.45) is 0 Å². The number of benzene rings is 2. The van der Waals surface area contributed by atoms with Gasteiger partial charge in [0.2, 0.25) is 0 Å². The van der Waals surface area contributed by atoms with Gasteiger partial charge in [-0.15, -0.1) is 0 Å². The highest BCUT2D eigenvalue weighted by molar-refractivity contribution is 5.94. The molecule has 136 valence electrons. The summed E-state index contributed by atoms with van der Waals surface area (Å²) in [7, 11) is 0. The van der Waals surface area contributed by atoms with E-state index in [1.165, 1.54) is 0 Å². The van der Waals surface area contributed by atoms with Crippen molar-refractivity contribution in [2.45, 2.75) is 13.0 Å². The molecule has 2 heterocycles. The number of nitrogens with one attached hydrogen (secondary N) is 2. The number of para-hydroxylation sites is 2. The van der Waals surface area contributed by atoms with Crippen LogP contribution in [0.15, 0.2) is 77.9 Å². The molecule has 0 radical (unpaired) electrons. The maximum absolute atomic E-state index is 12.3. The van der Waals surface area contributed by atoms with Crippen LogP contribution < -0.4 is 11.0 Å². The fourth-order valence-electron chi connectivity index (χ4n) is 3.16. The van der Waals surface area contributed by atoms with Crippen molar-refractivity contribution in [2.75, 3.05) is 6.54 Å². The van der Waals surface area contributed by atoms with E-state index in [2.05, 4.69) is 10.3 Å². The molecule has 0 saturated carbocycles. The molecule has 0 aliphatic rings. The van der Waals surface area contributed by atoms with Gasteiger partial charge in [-0.25, -0.2) is 4.79 Å². The topological polar surface area (TPSA) is 71.8 Å². The minimum absolute atomic E-state index is 0.111. The van der Waals surface area contributed by atoms with Crippen LogP contribution >= 0.6 is 0 Å². The summed E-state index contributed by atoms with van der Waals surface area (Å²) >= 11 is 0. The average Bonchev–Trinajstić information content (AvgIpc) is 3.33. The van der Waals surface area contributed by atoms with E-state index in [0.717, 1.165) is 16.7 Å². The van der Waals surface area contributed by atoms with E-state index >= 15 is 0 Å². The summed E-state index contributed by atoms with van der Waals surface area (Å²) in [5, 5.41) is 2.91. The molecule has 6 heteroatoms. The van der Waals surface area contributed by atoms with Crippen molar-refractivity contribution in [3.05, 3.63) is 89.1 Å². The summed E-state index contributed by atoms with van der Waals surface area (Å²) in [5.74, 6) is -0.111. The Balaban J connectivity index is 1.33. The van der Waals surface area contributed by atoms with E-state index in [-0.39, 0.29) is 11.6 Å². The molecule has 0 aliphatic carbocycles. The van der Waals surface area contributed by atoms with Crippen LogP contribution in [0.25, 0.3) is 16.7 Å². The Hall–Kier alpha value is -3.54. The molecule has 2 N–H and O–H groups in total. The number of hydrogen-bond acceptors (Lipinski definition) is 2. The predicted molar refractivity (Wildman–Crippen MR) is 105 cm³/mol. The Kier molecular flexibility index (Phi) is 4.61. The van der Waals surface area contributed by atoms with Crippen LogP contribution in [0, 0.1) is 0 Å². The summed E-state index contributed by atoms with van der Waals surface area (Å²) in [5.41, 5.74) is 3.22. The average molecular weight is 360 g/mol. The summed E-state index contributed by atoms with van der Waals surface area (Å²) in [6.45, 7) is 1.06. The number of rotatable bonds is 6. The number of amides is 1. The van der Waals surface area contributed by atoms with Crippen molar-refractivity contribution in [1.29, 1.82) is 0 Å². The molecule has 1 amide bonds. The third-order valence-electron chi connectivity index (χ3n) is 4.56. The van der Waals surface area contributed by atoms with Gasteiger partial charge < -0.3 is 14.9 Å². The minimum atomic E-state index is -0.122. The molecule has 0 aliphatic heterocycles. The van der Waals surface area contributed by atoms with Gasteiger partial charge in [0.25, 0.3) is 5.91 Å². The molecule has 6 nitrogen and oxygen atoms in total. The molecule has 0 saturated heterocycles. The highest BCUT2D eigenvalue weighted by atomic mass is 16.2. The minimum Gasteiger partial charge on any atom is -0.352 e. The summed E-state index contributed by atoms with van der Waals surface area (Å²) in [6.07, 6.45) is 4.60. The molecule has 0 bridgehead atoms. The number of aryl methyl sites for hydroxylation is 1. The number of H-pyrrole nitrogens is 1. The first-order valence-electron chi connectivity index (χ1n) is 8.91. The monoisotopic (exact) mass is 360 g/mol. The van der Waals surface area contributed by atoms with Crippen molar-refractivity contribution in [1.82, 2.24) is 19.4 Å². The van der Waals surface area contributed by atoms with Gasteiger partial charge in [-0.1, -0.05) is 12.1 Å². The Morgan fingerprint density at radius 2 is 1.70 bits per heavy atom. The van der Waals surface area contributed by atoms with Gasteiger partial charge in [0.05, 0.1) is 11.0 Å². The number of fused-ring (bicyclic) bond motifs is 1. The van der Waals surface area contributed by atoms with Crippen LogP contribution in [0.1, 0.15) is 16.8 Å². The van der Waals surface area contributed by atoms with E-state index in [0.29, 0.717) is 25.1 Å². The second kappa shape index (κ2) is 7.37. The van der Waals surface area contributed by atoms with Crippen molar-refractivity contribution >= 4 is 16.9 Å². The largest absolute Gasteiger partial charge is 0.352 e. The normalized spacial score (nSPS) is 11.0. The van der Waals surface area contributed by atoms with E-state index < -0.39 is 0 Å². The number of imidazole rings is 1. The Bertz CT molecular complexity index is 1110. The second-order valence-corrected chi connectivity index (χ2v) is 6.35. The van der Waals surface area contributed by atoms with E-state index in [1.807, 2.05) is 77.6 Å². The lowest BCUT2D eigenvalue weighted by atomic mass is 10.2. The number of hydrogen-bond donors (Lipinski definition) is 2. The molecule has 0 atom stereocenters. The van der Waals surface area contributed by atoms with Gasteiger partial charge >= 0.3 is 5.69 Å². The Morgan fingerprint density at radius 3 is 2.48 bits per heavy atom. The first-order chi connectivity index (χ1) is 13.2. The molecule has 4 rings (SSSR count). The fraction of sp³-hybridized carbons (Fsp3) is 0.143. The van der Waals surface area contributed by atoms with Gasteiger partial charge in [-0.05, 0) is 55.0 Å². The highest BCUT2D eigenvalue weighted by Crippen LogP contribution is 2.11. The predicted octanol–water partition coefficient (Wildman–Crippen LogP) is 2.94. The molecule has 0 spiro atoms. The van der Waals surface area contributed by atoms with Gasteiger partial charge in [0.15, 0.2) is 0 Å². The number of carbonyl (C=O) groups is 1. The molecule has 4 aromatic rings. The van der Waals surface area contributed by atoms with Crippen LogP contribution in [0.5, 0.6) is 0 Å². The van der Waals surface area contributed by atoms with Crippen molar-refractivity contribution in [3.8, 4) is 5.69 Å². The zero-order valence-corrected chi connectivity index (χ0v) is 14.8. The maximum atomic E-state index is 12.3. The number of aromatic nitrogens is 3. The molecule has 0 unspecified atom stereocenters. The van der Waals surface area contributed by atoms with E-state index in [1.54, 1.807) is 4.57 Å². The van der Waals surface area contributed by atoms with Crippen molar-refractivity contribution < 1.29 is 4.79 Å². The summed E-state index contributed by atoms with van der Waals surface area (Å²) in [4.78, 5) is 27.2. The van der Waals surface area contributed by atoms with Crippen LogP contribution in [-0.4, -0.2) is 26.6 Å². The maximum Gasteiger partial charge on any atom is 0.326 e. The van der Waals surface area contributed by atoms with Gasteiger partial charge in [-0.2, -0.15) is 0 Å². The molecular formula is C21H20N4O2. The second-order valence-electron chi connectivity index (χ2n) is 6.35. The fourth-order valence-corrected chi connectivity index (χ4v) is 3.16. The van der Waals surface area contributed by atoms with Crippen LogP contribution in [0.3, 0.4) is 0 Å². The SMILES string of the molecule is O=C(NCCCn1c(=O)[nH]c2ccccc21)c1ccc(-n2cccc2)cc1. The summed E-state index contributed by atoms with van der Waals surface area (Å²) in [6, 6.07) is 19.0. The highest BCUT2D eigenvalue weighted by Gasteiger charge is 2.07. The van der Waals surface area contributed by atoms with E-state index in [4.69, 9.17) is 0 Å². The molecule has 27 heavy (non-hydrogen) atoms. The zero-order valence-electron chi connectivity index (χ0n) is 14.8. The first-order valence-corrected chi connectivity index (χ1v) is 8.91. The van der Waals surface area contributed by atoms with Crippen molar-refractivity contribution in [3.63, 3.8) is 0 Å². The first kappa shape index (κ1) is 16.9. The van der Waals surface area contributed by atoms with Gasteiger partial charge in [0, 0.05) is 36.7 Å². The van der Waals surface area contributed by atoms with Crippen LogP contribution in [0.4, 0.5) is 0 Å². The van der Waals surface area contributed by atoms with Gasteiger partial charge in [0.1, 0.15) is 0 Å². The quantitative estimate of drug-likeness (QED) is 0.519.